The summed E-state index contributed by atoms with van der Waals surface area (Å²) < 4.78 is 15.9. The standard InChI is InChI=1S/C26H34N4O5/c1-7-30(15-24(31)29-25(16(2)3)17-8-10-18(33-4)11-9-17)14-23-27-20-13-22(35-6)21(34-5)12-19(20)26(32)28-23/h8-13,16,25H,7,14-15H2,1-6H3,(H,29,31)(H,27,28,32). The Morgan fingerprint density at radius 1 is 1.06 bits per heavy atom. The minimum absolute atomic E-state index is 0.101. The highest BCUT2D eigenvalue weighted by molar-refractivity contribution is 5.82. The van der Waals surface area contributed by atoms with Gasteiger partial charge < -0.3 is 24.5 Å². The van der Waals surface area contributed by atoms with Crippen molar-refractivity contribution < 1.29 is 19.0 Å². The summed E-state index contributed by atoms with van der Waals surface area (Å²) in [5.41, 5.74) is 1.24. The molecule has 0 fully saturated rings. The number of aromatic amines is 1. The molecule has 0 radical (unpaired) electrons. The molecule has 1 heterocycles. The van der Waals surface area contributed by atoms with Crippen molar-refractivity contribution in [2.75, 3.05) is 34.4 Å². The topological polar surface area (TPSA) is 106 Å². The van der Waals surface area contributed by atoms with Crippen LogP contribution in [0.15, 0.2) is 41.2 Å². The van der Waals surface area contributed by atoms with E-state index in [1.54, 1.807) is 19.2 Å². The minimum atomic E-state index is -0.272. The Kier molecular flexibility index (Phi) is 8.70. The van der Waals surface area contributed by atoms with Crippen LogP contribution in [-0.4, -0.2) is 55.2 Å². The molecule has 2 N–H and O–H groups in total. The van der Waals surface area contributed by atoms with E-state index < -0.39 is 0 Å². The largest absolute Gasteiger partial charge is 0.497 e. The fraction of sp³-hybridized carbons (Fsp3) is 0.423. The molecule has 0 spiro atoms. The van der Waals surface area contributed by atoms with Gasteiger partial charge in [0.05, 0.1) is 51.4 Å². The molecule has 188 valence electrons. The van der Waals surface area contributed by atoms with Crippen LogP contribution in [0.2, 0.25) is 0 Å². The van der Waals surface area contributed by atoms with E-state index in [-0.39, 0.29) is 30.0 Å². The maximum atomic E-state index is 12.9. The average molecular weight is 483 g/mol. The van der Waals surface area contributed by atoms with Crippen molar-refractivity contribution in [2.24, 2.45) is 5.92 Å². The number of hydrogen-bond donors (Lipinski definition) is 2. The number of aromatic nitrogens is 2. The molecule has 9 nitrogen and oxygen atoms in total. The van der Waals surface area contributed by atoms with E-state index >= 15 is 0 Å². The maximum Gasteiger partial charge on any atom is 0.258 e. The molecule has 3 rings (SSSR count). The van der Waals surface area contributed by atoms with E-state index in [1.807, 2.05) is 36.1 Å². The number of carbonyl (C=O) groups excluding carboxylic acids is 1. The predicted molar refractivity (Wildman–Crippen MR) is 135 cm³/mol. The Bertz CT molecular complexity index is 1210. The molecule has 0 saturated heterocycles. The summed E-state index contributed by atoms with van der Waals surface area (Å²) in [6, 6.07) is 10.9. The normalized spacial score (nSPS) is 12.1. The van der Waals surface area contributed by atoms with Crippen LogP contribution in [-0.2, 0) is 11.3 Å². The van der Waals surface area contributed by atoms with Crippen LogP contribution in [0.4, 0.5) is 0 Å². The highest BCUT2D eigenvalue weighted by Crippen LogP contribution is 2.30. The Morgan fingerprint density at radius 3 is 2.29 bits per heavy atom. The van der Waals surface area contributed by atoms with Crippen molar-refractivity contribution in [3.05, 3.63) is 58.1 Å². The van der Waals surface area contributed by atoms with Crippen LogP contribution in [0.5, 0.6) is 17.2 Å². The van der Waals surface area contributed by atoms with Crippen molar-refractivity contribution >= 4 is 16.8 Å². The quantitative estimate of drug-likeness (QED) is 0.432. The second-order valence-electron chi connectivity index (χ2n) is 8.60. The zero-order valence-corrected chi connectivity index (χ0v) is 21.2. The monoisotopic (exact) mass is 482 g/mol. The maximum absolute atomic E-state index is 12.9. The third-order valence-corrected chi connectivity index (χ3v) is 5.91. The Balaban J connectivity index is 1.74. The smallest absolute Gasteiger partial charge is 0.258 e. The molecule has 0 bridgehead atoms. The molecule has 0 aliphatic carbocycles. The molecule has 0 aliphatic rings. The summed E-state index contributed by atoms with van der Waals surface area (Å²) in [6.45, 7) is 7.20. The van der Waals surface area contributed by atoms with Gasteiger partial charge in [0.25, 0.3) is 5.56 Å². The van der Waals surface area contributed by atoms with Crippen molar-refractivity contribution in [3.63, 3.8) is 0 Å². The number of nitrogens with one attached hydrogen (secondary N) is 2. The molecule has 1 unspecified atom stereocenters. The zero-order chi connectivity index (χ0) is 25.5. The van der Waals surface area contributed by atoms with Crippen molar-refractivity contribution in [3.8, 4) is 17.2 Å². The third kappa shape index (κ3) is 6.30. The third-order valence-electron chi connectivity index (χ3n) is 5.91. The number of H-pyrrole nitrogens is 1. The molecule has 1 atom stereocenters. The van der Waals surface area contributed by atoms with Gasteiger partial charge in [-0.3, -0.25) is 14.5 Å². The van der Waals surface area contributed by atoms with Gasteiger partial charge in [0, 0.05) is 6.07 Å². The van der Waals surface area contributed by atoms with Gasteiger partial charge in [-0.2, -0.15) is 0 Å². The Labute approximate surface area is 205 Å². The number of hydrogen-bond acceptors (Lipinski definition) is 7. The van der Waals surface area contributed by atoms with Crippen LogP contribution >= 0.6 is 0 Å². The molecule has 0 saturated carbocycles. The first kappa shape index (κ1) is 26.0. The fourth-order valence-corrected chi connectivity index (χ4v) is 3.95. The SMILES string of the molecule is CCN(CC(=O)NC(c1ccc(OC)cc1)C(C)C)Cc1nc2cc(OC)c(OC)cc2c(=O)[nH]1. The highest BCUT2D eigenvalue weighted by atomic mass is 16.5. The fourth-order valence-electron chi connectivity index (χ4n) is 3.95. The van der Waals surface area contributed by atoms with Crippen LogP contribution in [0.1, 0.15) is 38.2 Å². The van der Waals surface area contributed by atoms with E-state index in [9.17, 15) is 9.59 Å². The average Bonchev–Trinajstić information content (AvgIpc) is 2.86. The number of carbonyl (C=O) groups is 1. The van der Waals surface area contributed by atoms with Gasteiger partial charge in [-0.25, -0.2) is 4.98 Å². The lowest BCUT2D eigenvalue weighted by Gasteiger charge is -2.25. The van der Waals surface area contributed by atoms with E-state index in [0.29, 0.717) is 41.3 Å². The molecule has 0 aliphatic heterocycles. The van der Waals surface area contributed by atoms with Gasteiger partial charge in [0.2, 0.25) is 5.91 Å². The Hall–Kier alpha value is -3.59. The van der Waals surface area contributed by atoms with E-state index in [4.69, 9.17) is 14.2 Å². The number of likely N-dealkylation sites (N-methyl/N-ethyl adjacent to an activating group) is 1. The number of amides is 1. The number of benzene rings is 2. The van der Waals surface area contributed by atoms with Gasteiger partial charge in [-0.05, 0) is 36.2 Å². The van der Waals surface area contributed by atoms with Crippen LogP contribution < -0.4 is 25.1 Å². The van der Waals surface area contributed by atoms with Crippen LogP contribution in [0.25, 0.3) is 10.9 Å². The zero-order valence-electron chi connectivity index (χ0n) is 21.2. The number of rotatable bonds is 11. The summed E-state index contributed by atoms with van der Waals surface area (Å²) in [5.74, 6) is 2.30. The summed E-state index contributed by atoms with van der Waals surface area (Å²) in [7, 11) is 4.68. The van der Waals surface area contributed by atoms with E-state index in [0.717, 1.165) is 11.3 Å². The summed E-state index contributed by atoms with van der Waals surface area (Å²) in [6.07, 6.45) is 0. The first-order chi connectivity index (χ1) is 16.8. The van der Waals surface area contributed by atoms with Gasteiger partial charge in [0.1, 0.15) is 11.6 Å². The molecule has 1 amide bonds. The molecule has 3 aromatic rings. The van der Waals surface area contributed by atoms with Gasteiger partial charge in [0.15, 0.2) is 11.5 Å². The molecule has 9 heteroatoms. The lowest BCUT2D eigenvalue weighted by atomic mass is 9.96. The molecule has 2 aromatic carbocycles. The highest BCUT2D eigenvalue weighted by Gasteiger charge is 2.20. The second-order valence-corrected chi connectivity index (χ2v) is 8.60. The summed E-state index contributed by atoms with van der Waals surface area (Å²) >= 11 is 0. The van der Waals surface area contributed by atoms with Crippen molar-refractivity contribution in [1.29, 1.82) is 0 Å². The van der Waals surface area contributed by atoms with Crippen LogP contribution in [0.3, 0.4) is 0 Å². The molecule has 35 heavy (non-hydrogen) atoms. The van der Waals surface area contributed by atoms with Gasteiger partial charge in [-0.15, -0.1) is 0 Å². The van der Waals surface area contributed by atoms with Crippen LogP contribution in [0, 0.1) is 5.92 Å². The van der Waals surface area contributed by atoms with Crippen molar-refractivity contribution in [2.45, 2.75) is 33.4 Å². The number of fused-ring (bicyclic) bond motifs is 1. The lowest BCUT2D eigenvalue weighted by molar-refractivity contribution is -0.123. The number of methoxy groups -OCH3 is 3. The Morgan fingerprint density at radius 2 is 1.71 bits per heavy atom. The number of nitrogens with zero attached hydrogens (tertiary/aromatic N) is 2. The van der Waals surface area contributed by atoms with Gasteiger partial charge in [-0.1, -0.05) is 32.9 Å². The lowest BCUT2D eigenvalue weighted by Crippen LogP contribution is -2.40. The van der Waals surface area contributed by atoms with Gasteiger partial charge >= 0.3 is 0 Å². The molecular formula is C26H34N4O5. The first-order valence-electron chi connectivity index (χ1n) is 11.6. The summed E-state index contributed by atoms with van der Waals surface area (Å²) in [4.78, 5) is 35.0. The molecule has 1 aromatic heterocycles. The minimum Gasteiger partial charge on any atom is -0.497 e. The molecular weight excluding hydrogens is 448 g/mol. The second kappa shape index (κ2) is 11.7. The predicted octanol–water partition coefficient (Wildman–Crippen LogP) is 3.28. The van der Waals surface area contributed by atoms with Crippen molar-refractivity contribution in [1.82, 2.24) is 20.2 Å². The van der Waals surface area contributed by atoms with E-state index in [2.05, 4.69) is 29.1 Å². The summed E-state index contributed by atoms with van der Waals surface area (Å²) in [5, 5.41) is 3.55. The van der Waals surface area contributed by atoms with E-state index in [1.165, 1.54) is 14.2 Å². The number of ether oxygens (including phenoxy) is 3. The first-order valence-corrected chi connectivity index (χ1v) is 11.6.